The SMILES string of the molecule is N#CCN1CC(N)CC(CCC(=O)O)C1. The average molecular weight is 211 g/mol. The third kappa shape index (κ3) is 4.28. The van der Waals surface area contributed by atoms with Crippen LogP contribution in [0.1, 0.15) is 19.3 Å². The second kappa shape index (κ2) is 5.69. The maximum absolute atomic E-state index is 10.4. The van der Waals surface area contributed by atoms with Crippen LogP contribution in [0.3, 0.4) is 0 Å². The molecule has 1 rings (SSSR count). The van der Waals surface area contributed by atoms with E-state index in [0.717, 1.165) is 19.5 Å². The molecule has 3 N–H and O–H groups in total. The summed E-state index contributed by atoms with van der Waals surface area (Å²) in [7, 11) is 0. The number of nitrogens with two attached hydrogens (primary N) is 1. The van der Waals surface area contributed by atoms with E-state index in [1.54, 1.807) is 0 Å². The molecule has 0 bridgehead atoms. The molecule has 0 amide bonds. The van der Waals surface area contributed by atoms with Crippen molar-refractivity contribution in [2.75, 3.05) is 19.6 Å². The van der Waals surface area contributed by atoms with Crippen molar-refractivity contribution in [2.24, 2.45) is 11.7 Å². The monoisotopic (exact) mass is 211 g/mol. The Hall–Kier alpha value is -1.12. The lowest BCUT2D eigenvalue weighted by Gasteiger charge is -2.34. The maximum atomic E-state index is 10.4. The van der Waals surface area contributed by atoms with Crippen LogP contribution in [0.4, 0.5) is 0 Å². The Balaban J connectivity index is 2.38. The zero-order chi connectivity index (χ0) is 11.3. The molecule has 2 unspecified atom stereocenters. The highest BCUT2D eigenvalue weighted by molar-refractivity contribution is 5.66. The second-order valence-electron chi connectivity index (χ2n) is 4.15. The molecule has 0 spiro atoms. The van der Waals surface area contributed by atoms with Gasteiger partial charge in [0.25, 0.3) is 0 Å². The Morgan fingerprint density at radius 3 is 2.93 bits per heavy atom. The van der Waals surface area contributed by atoms with Gasteiger partial charge in [0.1, 0.15) is 0 Å². The minimum absolute atomic E-state index is 0.0749. The predicted molar refractivity (Wildman–Crippen MR) is 55.0 cm³/mol. The minimum atomic E-state index is -0.763. The van der Waals surface area contributed by atoms with E-state index in [-0.39, 0.29) is 12.5 Å². The molecular weight excluding hydrogens is 194 g/mol. The van der Waals surface area contributed by atoms with Crippen LogP contribution in [-0.4, -0.2) is 41.7 Å². The van der Waals surface area contributed by atoms with Crippen LogP contribution in [0, 0.1) is 17.2 Å². The van der Waals surface area contributed by atoms with Gasteiger partial charge >= 0.3 is 5.97 Å². The molecule has 0 aliphatic carbocycles. The Labute approximate surface area is 89.5 Å². The number of carboxylic acid groups (broad SMARTS) is 1. The van der Waals surface area contributed by atoms with Crippen LogP contribution in [-0.2, 0) is 4.79 Å². The minimum Gasteiger partial charge on any atom is -0.481 e. The van der Waals surface area contributed by atoms with Crippen molar-refractivity contribution >= 4 is 5.97 Å². The lowest BCUT2D eigenvalue weighted by Crippen LogP contribution is -2.47. The van der Waals surface area contributed by atoms with E-state index in [9.17, 15) is 4.79 Å². The van der Waals surface area contributed by atoms with Crippen molar-refractivity contribution in [1.29, 1.82) is 5.26 Å². The standard InChI is InChI=1S/C10H17N3O2/c11-3-4-13-6-8(1-2-10(14)15)5-9(12)7-13/h8-9H,1-2,4-7,12H2,(H,14,15). The van der Waals surface area contributed by atoms with Crippen molar-refractivity contribution in [3.05, 3.63) is 0 Å². The van der Waals surface area contributed by atoms with Crippen LogP contribution >= 0.6 is 0 Å². The summed E-state index contributed by atoms with van der Waals surface area (Å²) >= 11 is 0. The molecule has 2 atom stereocenters. The van der Waals surface area contributed by atoms with E-state index in [0.29, 0.717) is 18.9 Å². The summed E-state index contributed by atoms with van der Waals surface area (Å²) in [5, 5.41) is 17.2. The molecule has 1 fully saturated rings. The molecule has 0 aromatic heterocycles. The second-order valence-corrected chi connectivity index (χ2v) is 4.15. The molecule has 1 heterocycles. The molecule has 1 saturated heterocycles. The fourth-order valence-electron chi connectivity index (χ4n) is 2.11. The number of rotatable bonds is 4. The largest absolute Gasteiger partial charge is 0.481 e. The van der Waals surface area contributed by atoms with Gasteiger partial charge in [-0.1, -0.05) is 0 Å². The van der Waals surface area contributed by atoms with Gasteiger partial charge in [0.2, 0.25) is 0 Å². The highest BCUT2D eigenvalue weighted by atomic mass is 16.4. The Morgan fingerprint density at radius 1 is 1.60 bits per heavy atom. The van der Waals surface area contributed by atoms with Crippen molar-refractivity contribution in [2.45, 2.75) is 25.3 Å². The van der Waals surface area contributed by atoms with Gasteiger partial charge in [0.15, 0.2) is 0 Å². The molecule has 5 nitrogen and oxygen atoms in total. The fraction of sp³-hybridized carbons (Fsp3) is 0.800. The normalized spacial score (nSPS) is 27.2. The highest BCUT2D eigenvalue weighted by Gasteiger charge is 2.24. The number of nitriles is 1. The maximum Gasteiger partial charge on any atom is 0.303 e. The average Bonchev–Trinajstić information content (AvgIpc) is 2.14. The van der Waals surface area contributed by atoms with Gasteiger partial charge < -0.3 is 10.8 Å². The first-order valence-electron chi connectivity index (χ1n) is 5.18. The molecule has 5 heteroatoms. The van der Waals surface area contributed by atoms with Crippen molar-refractivity contribution < 1.29 is 9.90 Å². The summed E-state index contributed by atoms with van der Waals surface area (Å²) in [5.41, 5.74) is 5.85. The lowest BCUT2D eigenvalue weighted by atomic mass is 9.91. The van der Waals surface area contributed by atoms with Crippen LogP contribution in [0.25, 0.3) is 0 Å². The third-order valence-corrected chi connectivity index (χ3v) is 2.71. The first-order chi connectivity index (χ1) is 7.11. The van der Waals surface area contributed by atoms with Crippen molar-refractivity contribution in [1.82, 2.24) is 4.90 Å². The summed E-state index contributed by atoms with van der Waals surface area (Å²) in [6.45, 7) is 1.93. The molecule has 0 radical (unpaired) electrons. The summed E-state index contributed by atoms with van der Waals surface area (Å²) < 4.78 is 0. The van der Waals surface area contributed by atoms with Crippen LogP contribution in [0.15, 0.2) is 0 Å². The zero-order valence-corrected chi connectivity index (χ0v) is 8.72. The summed E-state index contributed by atoms with van der Waals surface area (Å²) in [5.74, 6) is -0.445. The van der Waals surface area contributed by atoms with E-state index >= 15 is 0 Å². The number of aliphatic carboxylic acids is 1. The van der Waals surface area contributed by atoms with Crippen LogP contribution in [0.2, 0.25) is 0 Å². The van der Waals surface area contributed by atoms with Crippen molar-refractivity contribution in [3.63, 3.8) is 0 Å². The van der Waals surface area contributed by atoms with Gasteiger partial charge in [-0.25, -0.2) is 0 Å². The van der Waals surface area contributed by atoms with Gasteiger partial charge in [-0.15, -0.1) is 0 Å². The number of carboxylic acids is 1. The smallest absolute Gasteiger partial charge is 0.303 e. The summed E-state index contributed by atoms with van der Waals surface area (Å²) in [6, 6.07) is 2.17. The first kappa shape index (κ1) is 12.0. The first-order valence-corrected chi connectivity index (χ1v) is 5.18. The molecule has 1 aliphatic heterocycles. The highest BCUT2D eigenvalue weighted by Crippen LogP contribution is 2.20. The van der Waals surface area contributed by atoms with E-state index < -0.39 is 5.97 Å². The molecule has 0 aromatic rings. The van der Waals surface area contributed by atoms with Crippen LogP contribution < -0.4 is 5.73 Å². The van der Waals surface area contributed by atoms with E-state index in [1.807, 2.05) is 4.90 Å². The third-order valence-electron chi connectivity index (χ3n) is 2.71. The summed E-state index contributed by atoms with van der Waals surface area (Å²) in [6.07, 6.45) is 1.72. The number of hydrogen-bond acceptors (Lipinski definition) is 4. The van der Waals surface area contributed by atoms with Gasteiger partial charge in [-0.3, -0.25) is 9.69 Å². The Bertz CT molecular complexity index is 262. The zero-order valence-electron chi connectivity index (χ0n) is 8.72. The molecule has 84 valence electrons. The predicted octanol–water partition coefficient (Wildman–Crippen LogP) is 0.0240. The Kier molecular flexibility index (Phi) is 4.53. The lowest BCUT2D eigenvalue weighted by molar-refractivity contribution is -0.137. The number of nitrogens with zero attached hydrogens (tertiary/aromatic N) is 2. The quantitative estimate of drug-likeness (QED) is 0.640. The molecule has 1 aliphatic rings. The van der Waals surface area contributed by atoms with Gasteiger partial charge in [-0.2, -0.15) is 5.26 Å². The van der Waals surface area contributed by atoms with Crippen LogP contribution in [0.5, 0.6) is 0 Å². The topological polar surface area (TPSA) is 90.4 Å². The number of likely N-dealkylation sites (tertiary alicyclic amines) is 1. The Morgan fingerprint density at radius 2 is 2.33 bits per heavy atom. The van der Waals surface area contributed by atoms with E-state index in [4.69, 9.17) is 16.1 Å². The van der Waals surface area contributed by atoms with Crippen molar-refractivity contribution in [3.8, 4) is 6.07 Å². The fourth-order valence-corrected chi connectivity index (χ4v) is 2.11. The van der Waals surface area contributed by atoms with Gasteiger partial charge in [-0.05, 0) is 18.8 Å². The number of hydrogen-bond donors (Lipinski definition) is 2. The molecule has 0 saturated carbocycles. The molecule has 0 aromatic carbocycles. The van der Waals surface area contributed by atoms with E-state index in [2.05, 4.69) is 6.07 Å². The molecule has 15 heavy (non-hydrogen) atoms. The molecular formula is C10H17N3O2. The van der Waals surface area contributed by atoms with Gasteiger partial charge in [0, 0.05) is 25.6 Å². The number of piperidine rings is 1. The summed E-state index contributed by atoms with van der Waals surface area (Å²) in [4.78, 5) is 12.4. The number of carbonyl (C=O) groups is 1. The van der Waals surface area contributed by atoms with Gasteiger partial charge in [0.05, 0.1) is 12.6 Å². The van der Waals surface area contributed by atoms with E-state index in [1.165, 1.54) is 0 Å².